The summed E-state index contributed by atoms with van der Waals surface area (Å²) in [5, 5.41) is 52.3. The molecule has 8 atom stereocenters. The molecule has 35 heavy (non-hydrogen) atoms. The number of imidazole rings is 1. The van der Waals surface area contributed by atoms with Gasteiger partial charge in [0.2, 0.25) is 5.91 Å². The zero-order valence-electron chi connectivity index (χ0n) is 18.3. The predicted octanol–water partition coefficient (Wildman–Crippen LogP) is -3.02. The van der Waals surface area contributed by atoms with Gasteiger partial charge in [0.25, 0.3) is 0 Å². The molecule has 2 aromatic rings. The molecule has 0 bridgehead atoms. The lowest BCUT2D eigenvalue weighted by Gasteiger charge is -2.28. The molecule has 3 heterocycles. The number of carbonyl (C=O) groups is 3. The van der Waals surface area contributed by atoms with E-state index in [1.807, 2.05) is 0 Å². The fraction of sp³-hybridized carbons (Fsp3) is 0.450. The van der Waals surface area contributed by atoms with Gasteiger partial charge in [-0.2, -0.15) is 0 Å². The van der Waals surface area contributed by atoms with Gasteiger partial charge in [-0.1, -0.05) is 6.92 Å². The quantitative estimate of drug-likeness (QED) is 0.162. The third-order valence-corrected chi connectivity index (χ3v) is 5.77. The summed E-state index contributed by atoms with van der Waals surface area (Å²) >= 11 is 0. The Bertz CT molecular complexity index is 1130. The van der Waals surface area contributed by atoms with Crippen molar-refractivity contribution in [3.05, 3.63) is 46.4 Å². The van der Waals surface area contributed by atoms with Crippen LogP contribution in [0.3, 0.4) is 0 Å². The Hall–Kier alpha value is -3.63. The maximum Gasteiger partial charge on any atom is 0.329 e. The third-order valence-electron chi connectivity index (χ3n) is 5.77. The van der Waals surface area contributed by atoms with Crippen LogP contribution in [0.5, 0.6) is 5.75 Å². The van der Waals surface area contributed by atoms with Gasteiger partial charge in [0.15, 0.2) is 18.6 Å². The molecule has 0 radical (unpaired) electrons. The molecule has 0 saturated carbocycles. The maximum absolute atomic E-state index is 12.7. The van der Waals surface area contributed by atoms with Crippen molar-refractivity contribution < 1.29 is 44.7 Å². The number of aliphatic hydroxyl groups is 3. The average Bonchev–Trinajstić information content (AvgIpc) is 3.34. The molecule has 190 valence electrons. The third kappa shape index (κ3) is 5.23. The number of aromatic nitrogens is 3. The highest BCUT2D eigenvalue weighted by Crippen LogP contribution is 2.31. The van der Waals surface area contributed by atoms with Gasteiger partial charge in [-0.25, -0.2) is 9.59 Å². The molecule has 15 nitrogen and oxygen atoms in total. The smallest absolute Gasteiger partial charge is 0.329 e. The Balaban J connectivity index is 1.75. The molecule has 3 rings (SSSR count). The summed E-state index contributed by atoms with van der Waals surface area (Å²) in [6.45, 7) is 1.42. The van der Waals surface area contributed by atoms with Gasteiger partial charge < -0.3 is 46.3 Å². The number of H-pyrrole nitrogens is 1. The standard InChI is InChI=1S/C20H25N5O10/c1-7(13(28)10-3-2-9(27)4-22-10)11(21)17(31)24-12(19(32)33)16-14(29)15(30)18(35-16)25-5-8(6-26)23-20(25)34/h2-7,11-16,18,27-30H,21H2,1H3,(H,23,34)(H,24,31)(H,32,33)/t7-,11-,12-,13+,14-,15+,16+,18+/m0/s1. The number of carboxylic acid groups (broad SMARTS) is 1. The second kappa shape index (κ2) is 10.3. The van der Waals surface area contributed by atoms with Gasteiger partial charge in [-0.15, -0.1) is 0 Å². The van der Waals surface area contributed by atoms with E-state index in [9.17, 15) is 44.7 Å². The first-order valence-electron chi connectivity index (χ1n) is 10.4. The number of aromatic hydroxyl groups is 1. The highest BCUT2D eigenvalue weighted by atomic mass is 16.6. The second-order valence-corrected chi connectivity index (χ2v) is 8.11. The zero-order chi connectivity index (χ0) is 26.0. The number of hydrogen-bond donors (Lipinski definition) is 8. The van der Waals surface area contributed by atoms with Crippen molar-refractivity contribution in [3.8, 4) is 5.75 Å². The minimum atomic E-state index is -1.90. The number of aliphatic carboxylic acids is 1. The molecule has 0 aliphatic carbocycles. The topological polar surface area (TPSA) is 250 Å². The molecule has 1 amide bonds. The van der Waals surface area contributed by atoms with Crippen molar-refractivity contribution in [2.45, 2.75) is 49.7 Å². The van der Waals surface area contributed by atoms with E-state index in [0.717, 1.165) is 17.0 Å². The summed E-state index contributed by atoms with van der Waals surface area (Å²) in [7, 11) is 0. The van der Waals surface area contributed by atoms with E-state index in [1.165, 1.54) is 19.1 Å². The number of nitrogens with two attached hydrogens (primary N) is 1. The van der Waals surface area contributed by atoms with E-state index in [4.69, 9.17) is 10.5 Å². The van der Waals surface area contributed by atoms with E-state index in [0.29, 0.717) is 6.29 Å². The first-order valence-corrected chi connectivity index (χ1v) is 10.4. The van der Waals surface area contributed by atoms with Crippen molar-refractivity contribution in [3.63, 3.8) is 0 Å². The molecule has 1 fully saturated rings. The van der Waals surface area contributed by atoms with Gasteiger partial charge in [0, 0.05) is 12.1 Å². The number of rotatable bonds is 9. The zero-order valence-corrected chi connectivity index (χ0v) is 18.3. The minimum absolute atomic E-state index is 0.112. The van der Waals surface area contributed by atoms with Crippen LogP contribution in [0, 0.1) is 5.92 Å². The summed E-state index contributed by atoms with van der Waals surface area (Å²) in [6.07, 6.45) is -5.78. The first-order chi connectivity index (χ1) is 16.5. The summed E-state index contributed by atoms with van der Waals surface area (Å²) < 4.78 is 6.18. The average molecular weight is 495 g/mol. The van der Waals surface area contributed by atoms with E-state index in [-0.39, 0.29) is 17.1 Å². The highest BCUT2D eigenvalue weighted by molar-refractivity contribution is 5.87. The van der Waals surface area contributed by atoms with Crippen LogP contribution in [0.25, 0.3) is 0 Å². The van der Waals surface area contributed by atoms with Crippen LogP contribution in [0.15, 0.2) is 29.3 Å². The maximum atomic E-state index is 12.7. The predicted molar refractivity (Wildman–Crippen MR) is 114 cm³/mol. The molecule has 0 aromatic carbocycles. The number of ether oxygens (including phenoxy) is 1. The molecule has 15 heteroatoms. The molecular formula is C20H25N5O10. The lowest BCUT2D eigenvalue weighted by molar-refractivity contribution is -0.149. The lowest BCUT2D eigenvalue weighted by Crippen LogP contribution is -2.57. The van der Waals surface area contributed by atoms with Gasteiger partial charge >= 0.3 is 11.7 Å². The number of nitrogens with one attached hydrogen (secondary N) is 2. The fourth-order valence-electron chi connectivity index (χ4n) is 3.68. The molecule has 1 aliphatic heterocycles. The Kier molecular flexibility index (Phi) is 7.67. The molecule has 9 N–H and O–H groups in total. The first kappa shape index (κ1) is 26.0. The van der Waals surface area contributed by atoms with E-state index < -0.39 is 66.2 Å². The van der Waals surface area contributed by atoms with Crippen LogP contribution in [-0.2, 0) is 14.3 Å². The van der Waals surface area contributed by atoms with Gasteiger partial charge in [0.1, 0.15) is 30.2 Å². The summed E-state index contributed by atoms with van der Waals surface area (Å²) in [5.41, 5.74) is 5.03. The van der Waals surface area contributed by atoms with E-state index in [2.05, 4.69) is 15.3 Å². The van der Waals surface area contributed by atoms with Gasteiger partial charge in [-0.05, 0) is 12.1 Å². The lowest BCUT2D eigenvalue weighted by atomic mass is 9.92. The Labute approximate surface area is 196 Å². The largest absolute Gasteiger partial charge is 0.506 e. The Morgan fingerprint density at radius 2 is 2.00 bits per heavy atom. The molecule has 2 aromatic heterocycles. The summed E-state index contributed by atoms with van der Waals surface area (Å²) in [5.74, 6) is -3.75. The number of carboxylic acids is 1. The normalized spacial score (nSPS) is 25.4. The number of nitrogens with zero attached hydrogens (tertiary/aromatic N) is 2. The van der Waals surface area contributed by atoms with Crippen LogP contribution in [0.4, 0.5) is 0 Å². The van der Waals surface area contributed by atoms with Crippen LogP contribution in [-0.4, -0.2) is 88.6 Å². The molecule has 1 aliphatic rings. The summed E-state index contributed by atoms with van der Waals surface area (Å²) in [4.78, 5) is 53.5. The minimum Gasteiger partial charge on any atom is -0.506 e. The Morgan fingerprint density at radius 3 is 2.54 bits per heavy atom. The molecular weight excluding hydrogens is 470 g/mol. The number of aliphatic hydroxyl groups excluding tert-OH is 3. The fourth-order valence-corrected chi connectivity index (χ4v) is 3.68. The highest BCUT2D eigenvalue weighted by Gasteiger charge is 2.50. The molecule has 0 unspecified atom stereocenters. The van der Waals surface area contributed by atoms with Crippen molar-refractivity contribution in [1.29, 1.82) is 0 Å². The van der Waals surface area contributed by atoms with Crippen LogP contribution >= 0.6 is 0 Å². The molecule has 1 saturated heterocycles. The second-order valence-electron chi connectivity index (χ2n) is 8.11. The van der Waals surface area contributed by atoms with Crippen LogP contribution in [0.2, 0.25) is 0 Å². The monoisotopic (exact) mass is 495 g/mol. The van der Waals surface area contributed by atoms with Crippen molar-refractivity contribution in [2.24, 2.45) is 11.7 Å². The SMILES string of the molecule is C[C@@H]([C@H](N)C(=O)N[C@H](C(=O)O)[C@H]1O[C@@H](n2cc(C=O)[nH]c2=O)[C@H](O)[C@@H]1O)[C@@H](O)c1ccc(O)cn1. The number of carbonyl (C=O) groups excluding carboxylic acids is 2. The number of aldehydes is 1. The Morgan fingerprint density at radius 1 is 1.31 bits per heavy atom. The molecule has 0 spiro atoms. The van der Waals surface area contributed by atoms with Crippen LogP contribution < -0.4 is 16.7 Å². The number of pyridine rings is 1. The van der Waals surface area contributed by atoms with E-state index >= 15 is 0 Å². The number of hydrogen-bond acceptors (Lipinski definition) is 11. The van der Waals surface area contributed by atoms with Crippen molar-refractivity contribution in [1.82, 2.24) is 19.9 Å². The summed E-state index contributed by atoms with van der Waals surface area (Å²) in [6, 6.07) is -0.743. The van der Waals surface area contributed by atoms with Gasteiger partial charge in [0.05, 0.1) is 23.6 Å². The van der Waals surface area contributed by atoms with Gasteiger partial charge in [-0.3, -0.25) is 19.1 Å². The number of amides is 1. The number of aromatic amines is 1. The van der Waals surface area contributed by atoms with E-state index in [1.54, 1.807) is 0 Å². The van der Waals surface area contributed by atoms with Crippen LogP contribution in [0.1, 0.15) is 35.4 Å². The van der Waals surface area contributed by atoms with Crippen molar-refractivity contribution >= 4 is 18.2 Å². The van der Waals surface area contributed by atoms with Crippen molar-refractivity contribution in [2.75, 3.05) is 0 Å².